The van der Waals surface area contributed by atoms with E-state index in [1.54, 1.807) is 25.3 Å². The maximum Gasteiger partial charge on any atom is 0.358 e. The van der Waals surface area contributed by atoms with Gasteiger partial charge in [-0.3, -0.25) is 0 Å². The van der Waals surface area contributed by atoms with E-state index in [2.05, 4.69) is 15.1 Å². The summed E-state index contributed by atoms with van der Waals surface area (Å²) in [6, 6.07) is 3.18. The van der Waals surface area contributed by atoms with Crippen molar-refractivity contribution < 1.29 is 14.3 Å². The van der Waals surface area contributed by atoms with E-state index < -0.39 is 5.97 Å². The van der Waals surface area contributed by atoms with Crippen LogP contribution in [0.3, 0.4) is 0 Å². The normalized spacial score (nSPS) is 10.1. The molecule has 0 atom stereocenters. The van der Waals surface area contributed by atoms with Crippen LogP contribution in [-0.2, 0) is 4.74 Å². The number of hydrogen-bond acceptors (Lipinski definition) is 6. The van der Waals surface area contributed by atoms with E-state index >= 15 is 0 Å². The summed E-state index contributed by atoms with van der Waals surface area (Å²) in [4.78, 5) is 19.4. The smallest absolute Gasteiger partial charge is 0.358 e. The number of methoxy groups -OCH3 is 1. The summed E-state index contributed by atoms with van der Waals surface area (Å²) < 4.78 is 11.3. The minimum Gasteiger partial charge on any atom is -0.481 e. The monoisotopic (exact) mass is 248 g/mol. The van der Waals surface area contributed by atoms with Crippen LogP contribution in [0.4, 0.5) is 0 Å². The van der Waals surface area contributed by atoms with Gasteiger partial charge in [-0.15, -0.1) is 0 Å². The van der Waals surface area contributed by atoms with Crippen molar-refractivity contribution in [1.29, 1.82) is 0 Å². The maximum atomic E-state index is 11.5. The van der Waals surface area contributed by atoms with Gasteiger partial charge in [-0.1, -0.05) is 0 Å². The molecule has 94 valence electrons. The predicted molar refractivity (Wildman–Crippen MR) is 61.7 cm³/mol. The highest BCUT2D eigenvalue weighted by Crippen LogP contribution is 2.10. The lowest BCUT2D eigenvalue weighted by Crippen LogP contribution is -2.07. The molecule has 0 bridgehead atoms. The first kappa shape index (κ1) is 12.0. The molecule has 0 spiro atoms. The van der Waals surface area contributed by atoms with Crippen LogP contribution in [0, 0.1) is 0 Å². The third kappa shape index (κ3) is 2.45. The molecule has 0 aliphatic carbocycles. The third-order valence-corrected chi connectivity index (χ3v) is 2.15. The number of aromatic nitrogens is 4. The topological polar surface area (TPSA) is 79.1 Å². The van der Waals surface area contributed by atoms with E-state index in [1.165, 1.54) is 18.1 Å². The maximum absolute atomic E-state index is 11.5. The van der Waals surface area contributed by atoms with E-state index in [9.17, 15) is 4.79 Å². The first-order valence-corrected chi connectivity index (χ1v) is 5.33. The summed E-state index contributed by atoms with van der Waals surface area (Å²) in [5.41, 5.74) is 0.231. The van der Waals surface area contributed by atoms with Crippen molar-refractivity contribution in [2.45, 2.75) is 6.92 Å². The summed E-state index contributed by atoms with van der Waals surface area (Å²) in [6.07, 6.45) is 2.98. The highest BCUT2D eigenvalue weighted by Gasteiger charge is 2.11. The first-order chi connectivity index (χ1) is 8.74. The molecule has 2 rings (SSSR count). The van der Waals surface area contributed by atoms with Gasteiger partial charge >= 0.3 is 5.97 Å². The summed E-state index contributed by atoms with van der Waals surface area (Å²) >= 11 is 0. The van der Waals surface area contributed by atoms with Crippen LogP contribution < -0.4 is 4.74 Å². The summed E-state index contributed by atoms with van der Waals surface area (Å²) in [7, 11) is 1.51. The van der Waals surface area contributed by atoms with E-state index in [-0.39, 0.29) is 5.69 Å². The molecule has 2 aromatic heterocycles. The predicted octanol–water partition coefficient (Wildman–Crippen LogP) is 0.848. The van der Waals surface area contributed by atoms with Gasteiger partial charge in [0.2, 0.25) is 5.88 Å². The number of carbonyl (C=O) groups is 1. The van der Waals surface area contributed by atoms with Gasteiger partial charge in [-0.2, -0.15) is 5.10 Å². The second kappa shape index (κ2) is 5.26. The standard InChI is InChI=1S/C11H12N4O3/c1-3-18-11(16)8-4-5-15(14-8)9-6-10(17-2)13-7-12-9/h4-7H,3H2,1-2H3. The summed E-state index contributed by atoms with van der Waals surface area (Å²) in [6.45, 7) is 2.05. The summed E-state index contributed by atoms with van der Waals surface area (Å²) in [5, 5.41) is 4.07. The van der Waals surface area contributed by atoms with Crippen LogP contribution in [-0.4, -0.2) is 39.4 Å². The van der Waals surface area contributed by atoms with Crippen molar-refractivity contribution in [2.24, 2.45) is 0 Å². The van der Waals surface area contributed by atoms with Gasteiger partial charge in [0.1, 0.15) is 6.33 Å². The van der Waals surface area contributed by atoms with Gasteiger partial charge in [0.05, 0.1) is 13.7 Å². The minimum absolute atomic E-state index is 0.231. The van der Waals surface area contributed by atoms with Gasteiger partial charge in [0, 0.05) is 12.3 Å². The molecule has 0 fully saturated rings. The number of carbonyl (C=O) groups excluding carboxylic acids is 1. The highest BCUT2D eigenvalue weighted by atomic mass is 16.5. The Hall–Kier alpha value is -2.44. The van der Waals surface area contributed by atoms with Gasteiger partial charge in [-0.25, -0.2) is 19.4 Å². The molecule has 0 unspecified atom stereocenters. The molecule has 0 saturated heterocycles. The molecule has 0 amide bonds. The first-order valence-electron chi connectivity index (χ1n) is 5.33. The number of ether oxygens (including phenoxy) is 2. The fraction of sp³-hybridized carbons (Fsp3) is 0.273. The molecule has 7 nitrogen and oxygen atoms in total. The Morgan fingerprint density at radius 2 is 2.28 bits per heavy atom. The van der Waals surface area contributed by atoms with Crippen LogP contribution >= 0.6 is 0 Å². The van der Waals surface area contributed by atoms with Crippen molar-refractivity contribution in [3.05, 3.63) is 30.4 Å². The fourth-order valence-electron chi connectivity index (χ4n) is 1.33. The number of esters is 1. The largest absolute Gasteiger partial charge is 0.481 e. The quantitative estimate of drug-likeness (QED) is 0.746. The summed E-state index contributed by atoms with van der Waals surface area (Å²) in [5.74, 6) is 0.475. The Morgan fingerprint density at radius 1 is 1.44 bits per heavy atom. The molecule has 7 heteroatoms. The second-order valence-corrected chi connectivity index (χ2v) is 3.28. The molecule has 18 heavy (non-hydrogen) atoms. The van der Waals surface area contributed by atoms with Crippen molar-refractivity contribution in [2.75, 3.05) is 13.7 Å². The number of hydrogen-bond donors (Lipinski definition) is 0. The zero-order chi connectivity index (χ0) is 13.0. The minimum atomic E-state index is -0.461. The average molecular weight is 248 g/mol. The fourth-order valence-corrected chi connectivity index (χ4v) is 1.33. The van der Waals surface area contributed by atoms with Crippen LogP contribution in [0.2, 0.25) is 0 Å². The molecular formula is C11H12N4O3. The van der Waals surface area contributed by atoms with Gasteiger partial charge < -0.3 is 9.47 Å². The zero-order valence-corrected chi connectivity index (χ0v) is 10.0. The molecule has 2 aromatic rings. The van der Waals surface area contributed by atoms with Gasteiger partial charge in [0.25, 0.3) is 0 Å². The number of nitrogens with zero attached hydrogens (tertiary/aromatic N) is 4. The SMILES string of the molecule is CCOC(=O)c1ccn(-c2cc(OC)ncn2)n1. The molecule has 0 aliphatic rings. The molecule has 0 saturated carbocycles. The van der Waals surface area contributed by atoms with E-state index in [4.69, 9.17) is 9.47 Å². The Morgan fingerprint density at radius 3 is 3.00 bits per heavy atom. The van der Waals surface area contributed by atoms with Crippen LogP contribution in [0.5, 0.6) is 5.88 Å². The van der Waals surface area contributed by atoms with Crippen molar-refractivity contribution in [3.8, 4) is 11.7 Å². The Bertz CT molecular complexity index is 553. The lowest BCUT2D eigenvalue weighted by Gasteiger charge is -2.02. The number of rotatable bonds is 4. The van der Waals surface area contributed by atoms with E-state index in [1.807, 2.05) is 0 Å². The van der Waals surface area contributed by atoms with Crippen molar-refractivity contribution in [3.63, 3.8) is 0 Å². The molecule has 2 heterocycles. The third-order valence-electron chi connectivity index (χ3n) is 2.15. The Labute approximate surface area is 103 Å². The second-order valence-electron chi connectivity index (χ2n) is 3.28. The molecule has 0 aromatic carbocycles. The van der Waals surface area contributed by atoms with Crippen molar-refractivity contribution in [1.82, 2.24) is 19.7 Å². The van der Waals surface area contributed by atoms with Crippen LogP contribution in [0.1, 0.15) is 17.4 Å². The van der Waals surface area contributed by atoms with Crippen LogP contribution in [0.25, 0.3) is 5.82 Å². The van der Waals surface area contributed by atoms with E-state index in [0.29, 0.717) is 18.3 Å². The Balaban J connectivity index is 2.26. The highest BCUT2D eigenvalue weighted by molar-refractivity contribution is 5.87. The lowest BCUT2D eigenvalue weighted by atomic mass is 10.4. The average Bonchev–Trinajstić information content (AvgIpc) is 2.89. The lowest BCUT2D eigenvalue weighted by molar-refractivity contribution is 0.0519. The van der Waals surface area contributed by atoms with Crippen molar-refractivity contribution >= 4 is 5.97 Å². The zero-order valence-electron chi connectivity index (χ0n) is 10.0. The molecule has 0 aliphatic heterocycles. The van der Waals surface area contributed by atoms with Gasteiger partial charge in [0.15, 0.2) is 11.5 Å². The van der Waals surface area contributed by atoms with E-state index in [0.717, 1.165) is 0 Å². The van der Waals surface area contributed by atoms with Crippen LogP contribution in [0.15, 0.2) is 24.7 Å². The van der Waals surface area contributed by atoms with Gasteiger partial charge in [-0.05, 0) is 13.0 Å². The molecule has 0 radical (unpaired) electrons. The molecule has 0 N–H and O–H groups in total. The Kier molecular flexibility index (Phi) is 3.52. The molecular weight excluding hydrogens is 236 g/mol.